The van der Waals surface area contributed by atoms with Crippen LogP contribution in [-0.2, 0) is 4.79 Å². The number of carbonyl (C=O) groups is 2. The molecule has 0 saturated heterocycles. The predicted octanol–water partition coefficient (Wildman–Crippen LogP) is 2.18. The second kappa shape index (κ2) is 6.69. The molecule has 0 fully saturated rings. The Kier molecular flexibility index (Phi) is 4.86. The number of aromatic nitrogens is 2. The third kappa shape index (κ3) is 4.31. The van der Waals surface area contributed by atoms with E-state index in [1.165, 1.54) is 18.2 Å². The molecular formula is C14H12F3N3O4. The lowest BCUT2D eigenvalue weighted by atomic mass is 10.1. The zero-order chi connectivity index (χ0) is 17.9. The summed E-state index contributed by atoms with van der Waals surface area (Å²) >= 11 is 0. The van der Waals surface area contributed by atoms with Crippen LogP contribution >= 0.6 is 0 Å². The van der Waals surface area contributed by atoms with Crippen molar-refractivity contribution in [2.75, 3.05) is 0 Å². The van der Waals surface area contributed by atoms with Gasteiger partial charge >= 0.3 is 12.1 Å². The van der Waals surface area contributed by atoms with E-state index in [-0.39, 0.29) is 17.0 Å². The number of nitrogens with one attached hydrogen (secondary N) is 1. The van der Waals surface area contributed by atoms with Gasteiger partial charge in [0.1, 0.15) is 6.04 Å². The first-order valence-electron chi connectivity index (χ1n) is 6.67. The lowest BCUT2D eigenvalue weighted by Crippen LogP contribution is -2.43. The number of carbonyl (C=O) groups excluding carboxylic acids is 1. The van der Waals surface area contributed by atoms with Crippen molar-refractivity contribution in [3.05, 3.63) is 35.7 Å². The Balaban J connectivity index is 2.28. The fourth-order valence-corrected chi connectivity index (χ4v) is 1.94. The molecular weight excluding hydrogens is 331 g/mol. The van der Waals surface area contributed by atoms with Crippen LogP contribution in [-0.4, -0.2) is 39.3 Å². The van der Waals surface area contributed by atoms with Crippen molar-refractivity contribution in [3.63, 3.8) is 0 Å². The van der Waals surface area contributed by atoms with Crippen molar-refractivity contribution in [3.8, 4) is 11.5 Å². The van der Waals surface area contributed by atoms with Crippen LogP contribution in [0, 0.1) is 6.92 Å². The van der Waals surface area contributed by atoms with E-state index in [4.69, 9.17) is 9.63 Å². The Morgan fingerprint density at radius 2 is 2.00 bits per heavy atom. The average Bonchev–Trinajstić information content (AvgIpc) is 2.91. The summed E-state index contributed by atoms with van der Waals surface area (Å²) in [6.07, 6.45) is -6.42. The Labute approximate surface area is 133 Å². The molecule has 2 N–H and O–H groups in total. The first kappa shape index (κ1) is 17.4. The molecule has 0 aliphatic rings. The minimum absolute atomic E-state index is 0.000876. The number of hydrogen-bond acceptors (Lipinski definition) is 5. The molecule has 24 heavy (non-hydrogen) atoms. The van der Waals surface area contributed by atoms with Gasteiger partial charge in [-0.3, -0.25) is 4.79 Å². The van der Waals surface area contributed by atoms with Gasteiger partial charge in [-0.05, 0) is 19.1 Å². The van der Waals surface area contributed by atoms with Crippen LogP contribution in [0.25, 0.3) is 11.5 Å². The standard InChI is InChI=1S/C14H12F3N3O4/c1-7-18-12(24-20-7)9-5-3-2-4-8(9)11(21)19-10(13(22)23)6-14(15,16)17/h2-5,10H,6H2,1H3,(H,19,21)(H,22,23). The van der Waals surface area contributed by atoms with Gasteiger partial charge in [0.05, 0.1) is 17.5 Å². The summed E-state index contributed by atoms with van der Waals surface area (Å²) in [6.45, 7) is 1.56. The highest BCUT2D eigenvalue weighted by Crippen LogP contribution is 2.24. The summed E-state index contributed by atoms with van der Waals surface area (Å²) in [5.41, 5.74) is 0.112. The van der Waals surface area contributed by atoms with E-state index in [9.17, 15) is 22.8 Å². The molecule has 1 aromatic carbocycles. The van der Waals surface area contributed by atoms with E-state index < -0.39 is 30.5 Å². The predicted molar refractivity (Wildman–Crippen MR) is 74.0 cm³/mol. The lowest BCUT2D eigenvalue weighted by Gasteiger charge is -2.17. The molecule has 7 nitrogen and oxygen atoms in total. The van der Waals surface area contributed by atoms with Crippen LogP contribution in [0.1, 0.15) is 22.6 Å². The highest BCUT2D eigenvalue weighted by Gasteiger charge is 2.36. The summed E-state index contributed by atoms with van der Waals surface area (Å²) in [6, 6.07) is 3.71. The zero-order valence-corrected chi connectivity index (χ0v) is 12.3. The quantitative estimate of drug-likeness (QED) is 0.862. The molecule has 0 radical (unpaired) electrons. The lowest BCUT2D eigenvalue weighted by molar-refractivity contribution is -0.157. The molecule has 2 aromatic rings. The Hall–Kier alpha value is -2.91. The van der Waals surface area contributed by atoms with Crippen LogP contribution in [0.4, 0.5) is 13.2 Å². The second-order valence-electron chi connectivity index (χ2n) is 4.88. The number of halogens is 3. The first-order chi connectivity index (χ1) is 11.2. The van der Waals surface area contributed by atoms with Gasteiger partial charge in [0.2, 0.25) is 0 Å². The SMILES string of the molecule is Cc1noc(-c2ccccc2C(=O)NC(CC(F)(F)F)C(=O)O)n1. The number of alkyl halides is 3. The molecule has 128 valence electrons. The number of carboxylic acid groups (broad SMARTS) is 1. The van der Waals surface area contributed by atoms with Gasteiger partial charge in [0.25, 0.3) is 11.8 Å². The van der Waals surface area contributed by atoms with Crippen molar-refractivity contribution < 1.29 is 32.4 Å². The third-order valence-electron chi connectivity index (χ3n) is 2.97. The summed E-state index contributed by atoms with van der Waals surface area (Å²) in [5, 5.41) is 14.3. The third-order valence-corrected chi connectivity index (χ3v) is 2.97. The number of carboxylic acids is 1. The molecule has 1 aromatic heterocycles. The molecule has 2 rings (SSSR count). The molecule has 0 saturated carbocycles. The van der Waals surface area contributed by atoms with Crippen molar-refractivity contribution in [1.29, 1.82) is 0 Å². The zero-order valence-electron chi connectivity index (χ0n) is 12.3. The molecule has 0 spiro atoms. The summed E-state index contributed by atoms with van der Waals surface area (Å²) in [5.74, 6) is -2.47. The Morgan fingerprint density at radius 1 is 1.33 bits per heavy atom. The highest BCUT2D eigenvalue weighted by atomic mass is 19.4. The van der Waals surface area contributed by atoms with E-state index in [2.05, 4.69) is 10.1 Å². The largest absolute Gasteiger partial charge is 0.480 e. The van der Waals surface area contributed by atoms with Crippen LogP contribution < -0.4 is 5.32 Å². The van der Waals surface area contributed by atoms with Crippen molar-refractivity contribution >= 4 is 11.9 Å². The smallest absolute Gasteiger partial charge is 0.391 e. The average molecular weight is 343 g/mol. The molecule has 1 amide bonds. The molecule has 10 heteroatoms. The Bertz CT molecular complexity index is 758. The van der Waals surface area contributed by atoms with Crippen LogP contribution in [0.2, 0.25) is 0 Å². The van der Waals surface area contributed by atoms with E-state index in [0.29, 0.717) is 5.82 Å². The van der Waals surface area contributed by atoms with Gasteiger partial charge in [-0.2, -0.15) is 18.2 Å². The van der Waals surface area contributed by atoms with E-state index in [0.717, 1.165) is 0 Å². The number of nitrogens with zero attached hydrogens (tertiary/aromatic N) is 2. The van der Waals surface area contributed by atoms with Crippen molar-refractivity contribution in [2.45, 2.75) is 25.6 Å². The van der Waals surface area contributed by atoms with Gasteiger partial charge in [0, 0.05) is 0 Å². The number of hydrogen-bond donors (Lipinski definition) is 2. The first-order valence-corrected chi connectivity index (χ1v) is 6.67. The van der Waals surface area contributed by atoms with Crippen molar-refractivity contribution in [1.82, 2.24) is 15.5 Å². The van der Waals surface area contributed by atoms with E-state index in [1.54, 1.807) is 13.0 Å². The van der Waals surface area contributed by atoms with Gasteiger partial charge in [-0.15, -0.1) is 0 Å². The number of aliphatic carboxylic acids is 1. The van der Waals surface area contributed by atoms with Crippen LogP contribution in [0.3, 0.4) is 0 Å². The number of rotatable bonds is 5. The number of amides is 1. The molecule has 0 aliphatic heterocycles. The van der Waals surface area contributed by atoms with Gasteiger partial charge in [0.15, 0.2) is 5.82 Å². The second-order valence-corrected chi connectivity index (χ2v) is 4.88. The summed E-state index contributed by atoms with van der Waals surface area (Å²) < 4.78 is 42.2. The van der Waals surface area contributed by atoms with E-state index >= 15 is 0 Å². The summed E-state index contributed by atoms with van der Waals surface area (Å²) in [7, 11) is 0. The fraction of sp³-hybridized carbons (Fsp3) is 0.286. The van der Waals surface area contributed by atoms with Crippen molar-refractivity contribution in [2.24, 2.45) is 0 Å². The van der Waals surface area contributed by atoms with Crippen LogP contribution in [0.15, 0.2) is 28.8 Å². The topological polar surface area (TPSA) is 105 Å². The van der Waals surface area contributed by atoms with Gasteiger partial charge < -0.3 is 14.9 Å². The maximum atomic E-state index is 12.4. The number of benzene rings is 1. The normalized spacial score (nSPS) is 12.7. The highest BCUT2D eigenvalue weighted by molar-refractivity contribution is 6.01. The van der Waals surface area contributed by atoms with Gasteiger partial charge in [-0.1, -0.05) is 17.3 Å². The number of aryl methyl sites for hydroxylation is 1. The molecule has 0 aliphatic carbocycles. The summed E-state index contributed by atoms with van der Waals surface area (Å²) in [4.78, 5) is 27.1. The minimum atomic E-state index is -4.74. The maximum absolute atomic E-state index is 12.4. The fourth-order valence-electron chi connectivity index (χ4n) is 1.94. The molecule has 1 heterocycles. The van der Waals surface area contributed by atoms with Gasteiger partial charge in [-0.25, -0.2) is 4.79 Å². The van der Waals surface area contributed by atoms with E-state index in [1.807, 2.05) is 5.32 Å². The molecule has 0 bridgehead atoms. The molecule has 1 atom stereocenters. The Morgan fingerprint density at radius 3 is 2.54 bits per heavy atom. The van der Waals surface area contributed by atoms with Crippen LogP contribution in [0.5, 0.6) is 0 Å². The molecule has 1 unspecified atom stereocenters. The monoisotopic (exact) mass is 343 g/mol. The minimum Gasteiger partial charge on any atom is -0.480 e. The maximum Gasteiger partial charge on any atom is 0.391 e.